The van der Waals surface area contributed by atoms with Gasteiger partial charge in [0.25, 0.3) is 0 Å². The minimum absolute atomic E-state index is 0.250. The molecule has 2 heteroatoms. The van der Waals surface area contributed by atoms with Crippen LogP contribution in [0.15, 0.2) is 11.6 Å². The molecule has 0 heterocycles. The number of Topliss-reactive ketones (excluding diaryl/α,β-unsaturated/α-hetero) is 1. The zero-order valence-corrected chi connectivity index (χ0v) is 21.9. The normalized spacial score (nSPS) is 52.6. The van der Waals surface area contributed by atoms with Gasteiger partial charge in [0.05, 0.1) is 6.10 Å². The Morgan fingerprint density at radius 1 is 0.906 bits per heavy atom. The Morgan fingerprint density at radius 2 is 1.66 bits per heavy atom. The number of methoxy groups -OCH3 is 1. The molecule has 0 spiro atoms. The van der Waals surface area contributed by atoms with Crippen molar-refractivity contribution in [2.75, 3.05) is 7.11 Å². The summed E-state index contributed by atoms with van der Waals surface area (Å²) in [6.07, 6.45) is 15.4. The summed E-state index contributed by atoms with van der Waals surface area (Å²) in [5.74, 6) is 3.60. The van der Waals surface area contributed by atoms with Crippen LogP contribution in [0.5, 0.6) is 0 Å². The first-order valence-corrected chi connectivity index (χ1v) is 13.7. The molecule has 9 atom stereocenters. The van der Waals surface area contributed by atoms with Crippen LogP contribution >= 0.6 is 0 Å². The Balaban J connectivity index is 1.49. The highest BCUT2D eigenvalue weighted by molar-refractivity contribution is 5.82. The maximum atomic E-state index is 12.6. The Hall–Kier alpha value is -0.630. The van der Waals surface area contributed by atoms with Crippen LogP contribution in [-0.4, -0.2) is 19.0 Å². The zero-order valence-electron chi connectivity index (χ0n) is 21.9. The van der Waals surface area contributed by atoms with Gasteiger partial charge < -0.3 is 4.74 Å². The lowest BCUT2D eigenvalue weighted by Crippen LogP contribution is -2.58. The van der Waals surface area contributed by atoms with Gasteiger partial charge in [0.1, 0.15) is 5.78 Å². The summed E-state index contributed by atoms with van der Waals surface area (Å²) in [5, 5.41) is 0. The van der Waals surface area contributed by atoms with E-state index in [1.54, 1.807) is 5.57 Å². The predicted octanol–water partition coefficient (Wildman–Crippen LogP) is 7.61. The molecule has 0 radical (unpaired) electrons. The van der Waals surface area contributed by atoms with E-state index < -0.39 is 0 Å². The summed E-state index contributed by atoms with van der Waals surface area (Å²) >= 11 is 0. The standard InChI is InChI=1S/C30H48O2/c1-19-21-9-8-20-18-28(4)15-13-24-27(2,3)26(32-7)14-17-30(24,6)25(28)11-10-22(20)29(21,5)16-12-23(19)31/h8,19,21-22,24-26H,9-18H2,1-7H3/t19-,21-,22-,24-,25-,26+,28-,29-,30-/m0/s1. The van der Waals surface area contributed by atoms with Gasteiger partial charge in [-0.2, -0.15) is 0 Å². The predicted molar refractivity (Wildman–Crippen MR) is 131 cm³/mol. The van der Waals surface area contributed by atoms with Crippen LogP contribution in [0.1, 0.15) is 106 Å². The number of hydrogen-bond acceptors (Lipinski definition) is 2. The van der Waals surface area contributed by atoms with Crippen molar-refractivity contribution in [3.63, 3.8) is 0 Å². The summed E-state index contributed by atoms with van der Waals surface area (Å²) in [4.78, 5) is 12.6. The van der Waals surface area contributed by atoms with Crippen LogP contribution in [0.2, 0.25) is 0 Å². The molecular weight excluding hydrogens is 392 g/mol. The van der Waals surface area contributed by atoms with Gasteiger partial charge >= 0.3 is 0 Å². The lowest BCUT2D eigenvalue weighted by atomic mass is 9.42. The molecule has 5 rings (SSSR count). The van der Waals surface area contributed by atoms with Crippen molar-refractivity contribution < 1.29 is 9.53 Å². The van der Waals surface area contributed by atoms with Gasteiger partial charge in [0.2, 0.25) is 0 Å². The second kappa shape index (κ2) is 7.43. The summed E-state index contributed by atoms with van der Waals surface area (Å²) in [7, 11) is 1.93. The largest absolute Gasteiger partial charge is 0.381 e. The van der Waals surface area contributed by atoms with Crippen LogP contribution < -0.4 is 0 Å². The smallest absolute Gasteiger partial charge is 0.136 e. The average Bonchev–Trinajstić information content (AvgIpc) is 2.88. The molecule has 0 saturated heterocycles. The van der Waals surface area contributed by atoms with E-state index in [0.717, 1.165) is 31.1 Å². The second-order valence-electron chi connectivity index (χ2n) is 14.1. The third kappa shape index (κ3) is 3.03. The van der Waals surface area contributed by atoms with Gasteiger partial charge in [-0.1, -0.05) is 53.2 Å². The van der Waals surface area contributed by atoms with E-state index in [9.17, 15) is 4.79 Å². The van der Waals surface area contributed by atoms with Crippen molar-refractivity contribution >= 4 is 5.78 Å². The van der Waals surface area contributed by atoms with Gasteiger partial charge in [0, 0.05) is 19.4 Å². The highest BCUT2D eigenvalue weighted by Gasteiger charge is 2.62. The van der Waals surface area contributed by atoms with E-state index >= 15 is 0 Å². The number of carbonyl (C=O) groups excluding carboxylic acids is 1. The minimum atomic E-state index is 0.250. The van der Waals surface area contributed by atoms with Crippen molar-refractivity contribution in [3.05, 3.63) is 11.6 Å². The molecule has 0 N–H and O–H groups in total. The number of hydrogen-bond donors (Lipinski definition) is 0. The van der Waals surface area contributed by atoms with E-state index in [-0.39, 0.29) is 11.3 Å². The highest BCUT2D eigenvalue weighted by Crippen LogP contribution is 2.69. The quantitative estimate of drug-likeness (QED) is 0.392. The topological polar surface area (TPSA) is 26.3 Å². The number of ether oxygens (including phenoxy) is 1. The maximum Gasteiger partial charge on any atom is 0.136 e. The molecule has 180 valence electrons. The Morgan fingerprint density at radius 3 is 2.38 bits per heavy atom. The Bertz CT molecular complexity index is 810. The first-order valence-electron chi connectivity index (χ1n) is 13.7. The molecule has 32 heavy (non-hydrogen) atoms. The lowest BCUT2D eigenvalue weighted by Gasteiger charge is -2.64. The van der Waals surface area contributed by atoms with Crippen LogP contribution in [0.4, 0.5) is 0 Å². The van der Waals surface area contributed by atoms with E-state index in [1.165, 1.54) is 44.9 Å². The fraction of sp³-hybridized carbons (Fsp3) is 0.900. The third-order valence-electron chi connectivity index (χ3n) is 12.5. The van der Waals surface area contributed by atoms with Gasteiger partial charge in [0.15, 0.2) is 0 Å². The number of fused-ring (bicyclic) bond motifs is 6. The maximum absolute atomic E-state index is 12.6. The van der Waals surface area contributed by atoms with Crippen LogP contribution in [-0.2, 0) is 9.53 Å². The summed E-state index contributed by atoms with van der Waals surface area (Å²) in [6, 6.07) is 0. The first-order chi connectivity index (χ1) is 15.0. The SMILES string of the molecule is CO[C@@H]1CC[C@@]2(C)[C@@H](CC[C@@]3(C)CC4=CC[C@H]5[C@H](C)C(=O)CC[C@]5(C)[C@H]4CC[C@@H]32)C1(C)C. The molecule has 2 nitrogen and oxygen atoms in total. The van der Waals surface area contributed by atoms with E-state index in [4.69, 9.17) is 4.74 Å². The van der Waals surface area contributed by atoms with Crippen molar-refractivity contribution in [1.82, 2.24) is 0 Å². The molecule has 0 unspecified atom stereocenters. The fourth-order valence-corrected chi connectivity index (χ4v) is 10.8. The Labute approximate surface area is 197 Å². The van der Waals surface area contributed by atoms with Gasteiger partial charge in [-0.05, 0) is 103 Å². The molecule has 0 aromatic carbocycles. The van der Waals surface area contributed by atoms with Crippen molar-refractivity contribution in [3.8, 4) is 0 Å². The molecule has 0 bridgehead atoms. The van der Waals surface area contributed by atoms with E-state index in [0.29, 0.717) is 40.0 Å². The van der Waals surface area contributed by atoms with Gasteiger partial charge in [-0.3, -0.25) is 4.79 Å². The van der Waals surface area contributed by atoms with Crippen LogP contribution in [0, 0.1) is 51.2 Å². The lowest BCUT2D eigenvalue weighted by molar-refractivity contribution is -0.177. The number of carbonyl (C=O) groups is 1. The van der Waals surface area contributed by atoms with Crippen LogP contribution in [0.3, 0.4) is 0 Å². The second-order valence-corrected chi connectivity index (χ2v) is 14.1. The monoisotopic (exact) mass is 440 g/mol. The van der Waals surface area contributed by atoms with Crippen LogP contribution in [0.25, 0.3) is 0 Å². The summed E-state index contributed by atoms with van der Waals surface area (Å²) < 4.78 is 6.02. The number of rotatable bonds is 1. The average molecular weight is 441 g/mol. The molecule has 4 saturated carbocycles. The molecule has 4 fully saturated rings. The number of ketones is 1. The minimum Gasteiger partial charge on any atom is -0.381 e. The fourth-order valence-electron chi connectivity index (χ4n) is 10.8. The van der Waals surface area contributed by atoms with Gasteiger partial charge in [-0.25, -0.2) is 0 Å². The van der Waals surface area contributed by atoms with E-state index in [1.807, 2.05) is 7.11 Å². The summed E-state index contributed by atoms with van der Waals surface area (Å²) in [6.45, 7) is 15.1. The van der Waals surface area contributed by atoms with Gasteiger partial charge in [-0.15, -0.1) is 0 Å². The molecule has 0 aromatic heterocycles. The van der Waals surface area contributed by atoms with Crippen molar-refractivity contribution in [2.45, 2.75) is 112 Å². The number of allylic oxidation sites excluding steroid dienone is 2. The first kappa shape index (κ1) is 23.1. The molecule has 0 amide bonds. The molecule has 0 aliphatic heterocycles. The summed E-state index contributed by atoms with van der Waals surface area (Å²) in [5.41, 5.74) is 3.23. The molecule has 5 aliphatic rings. The van der Waals surface area contributed by atoms with Crippen molar-refractivity contribution in [1.29, 1.82) is 0 Å². The van der Waals surface area contributed by atoms with E-state index in [2.05, 4.69) is 47.6 Å². The molecular formula is C30H48O2. The molecule has 0 aromatic rings. The third-order valence-corrected chi connectivity index (χ3v) is 12.5. The Kier molecular flexibility index (Phi) is 5.37. The zero-order chi connectivity index (χ0) is 23.1. The molecule has 5 aliphatic carbocycles. The van der Waals surface area contributed by atoms with Crippen molar-refractivity contribution in [2.24, 2.45) is 51.2 Å². The highest BCUT2D eigenvalue weighted by atomic mass is 16.5.